The summed E-state index contributed by atoms with van der Waals surface area (Å²) in [6, 6.07) is 9.43. The summed E-state index contributed by atoms with van der Waals surface area (Å²) in [4.78, 5) is 0. The minimum Gasteiger partial charge on any atom is -0.347 e. The van der Waals surface area contributed by atoms with Crippen molar-refractivity contribution in [1.29, 1.82) is 0 Å². The number of aromatic nitrogens is 1. The molecule has 1 aromatic heterocycles. The van der Waals surface area contributed by atoms with Crippen LogP contribution in [0, 0.1) is 0 Å². The first-order chi connectivity index (χ1) is 15.3. The number of hydrogen-bond acceptors (Lipinski definition) is 1. The Hall–Kier alpha value is -2.33. The van der Waals surface area contributed by atoms with E-state index in [-0.39, 0.29) is 16.7 Å². The van der Waals surface area contributed by atoms with Crippen molar-refractivity contribution in [1.82, 2.24) is 4.57 Å². The maximum atomic E-state index is 14.0. The van der Waals surface area contributed by atoms with E-state index in [1.54, 1.807) is 4.57 Å². The molecule has 33 heavy (non-hydrogen) atoms. The van der Waals surface area contributed by atoms with E-state index in [4.69, 9.17) is 5.14 Å². The monoisotopic (exact) mass is 490 g/mol. The molecule has 2 aromatic carbocycles. The van der Waals surface area contributed by atoms with Crippen molar-refractivity contribution in [2.45, 2.75) is 56.8 Å². The highest BCUT2D eigenvalue weighted by atomic mass is 32.2. The predicted molar refractivity (Wildman–Crippen MR) is 118 cm³/mol. The lowest BCUT2D eigenvalue weighted by Crippen LogP contribution is -2.28. The minimum absolute atomic E-state index is 0.00101. The first kappa shape index (κ1) is 25.3. The molecule has 0 amide bonds. The van der Waals surface area contributed by atoms with Crippen LogP contribution in [0.1, 0.15) is 43.7 Å². The van der Waals surface area contributed by atoms with Gasteiger partial charge in [-0.25, -0.2) is 4.21 Å². The lowest BCUT2D eigenvalue weighted by atomic mass is 9.92. The van der Waals surface area contributed by atoms with Gasteiger partial charge in [0.25, 0.3) is 0 Å². The third-order valence-corrected chi connectivity index (χ3v) is 6.64. The van der Waals surface area contributed by atoms with Gasteiger partial charge >= 0.3 is 12.4 Å². The van der Waals surface area contributed by atoms with Crippen LogP contribution in [-0.2, 0) is 23.7 Å². The fourth-order valence-corrected chi connectivity index (χ4v) is 4.42. The van der Waals surface area contributed by atoms with E-state index in [1.165, 1.54) is 49.5 Å². The highest BCUT2D eigenvalue weighted by Gasteiger charge is 2.43. The maximum Gasteiger partial charge on any atom is 0.417 e. The fourth-order valence-electron chi connectivity index (χ4n) is 4.04. The molecule has 1 heterocycles. The molecule has 3 aromatic rings. The van der Waals surface area contributed by atoms with Crippen molar-refractivity contribution in [2.75, 3.05) is 0 Å². The van der Waals surface area contributed by atoms with Crippen LogP contribution in [0.3, 0.4) is 0 Å². The zero-order valence-corrected chi connectivity index (χ0v) is 18.8. The second-order valence-electron chi connectivity index (χ2n) is 8.02. The molecular formula is C23H24F6N2OS. The summed E-state index contributed by atoms with van der Waals surface area (Å²) in [6.07, 6.45) is -7.63. The average Bonchev–Trinajstić information content (AvgIpc) is 3.08. The van der Waals surface area contributed by atoms with E-state index in [0.29, 0.717) is 23.9 Å². The van der Waals surface area contributed by atoms with Gasteiger partial charge in [0, 0.05) is 28.9 Å². The van der Waals surface area contributed by atoms with Crippen LogP contribution in [0.15, 0.2) is 48.7 Å². The van der Waals surface area contributed by atoms with Gasteiger partial charge < -0.3 is 4.57 Å². The molecule has 0 radical (unpaired) electrons. The zero-order chi connectivity index (χ0) is 24.6. The van der Waals surface area contributed by atoms with Gasteiger partial charge in [-0.15, -0.1) is 0 Å². The summed E-state index contributed by atoms with van der Waals surface area (Å²) >= 11 is 0. The van der Waals surface area contributed by atoms with Crippen molar-refractivity contribution in [3.63, 3.8) is 0 Å². The molecule has 2 unspecified atom stereocenters. The fraction of sp³-hybridized carbons (Fsp3) is 0.391. The molecule has 180 valence electrons. The van der Waals surface area contributed by atoms with Crippen LogP contribution >= 0.6 is 0 Å². The van der Waals surface area contributed by atoms with Crippen LogP contribution in [0.2, 0.25) is 0 Å². The summed E-state index contributed by atoms with van der Waals surface area (Å²) in [5, 5.41) is 4.72. The standard InChI is InChI=1S/C23H24F6N2OS/c1-3-10-31-13-18(20(23(27,28)29)11-14(2)33(30)32)17-9-8-15(12-21(17)31)16-6-4-5-7-19(16)22(24,25)26/h4-9,12-14,20H,3,10-11,30H2,1-2H3/t14?,20-,33?/m0/s1. The third kappa shape index (κ3) is 5.43. The Labute approximate surface area is 190 Å². The Balaban J connectivity index is 2.21. The Bertz CT molecular complexity index is 1150. The molecule has 3 rings (SSSR count). The molecule has 0 aliphatic heterocycles. The van der Waals surface area contributed by atoms with Gasteiger partial charge in [-0.2, -0.15) is 26.3 Å². The van der Waals surface area contributed by atoms with Gasteiger partial charge in [-0.3, -0.25) is 5.14 Å². The summed E-state index contributed by atoms with van der Waals surface area (Å²) in [6.45, 7) is 3.64. The van der Waals surface area contributed by atoms with E-state index < -0.39 is 46.5 Å². The molecule has 0 saturated heterocycles. The van der Waals surface area contributed by atoms with Gasteiger partial charge in [-0.1, -0.05) is 37.3 Å². The second kappa shape index (κ2) is 9.50. The van der Waals surface area contributed by atoms with Crippen LogP contribution in [0.25, 0.3) is 22.0 Å². The molecule has 0 aliphatic carbocycles. The van der Waals surface area contributed by atoms with Gasteiger partial charge in [0.1, 0.15) is 0 Å². The Morgan fingerprint density at radius 1 is 1.06 bits per heavy atom. The van der Waals surface area contributed by atoms with E-state index in [9.17, 15) is 30.6 Å². The summed E-state index contributed by atoms with van der Waals surface area (Å²) < 4.78 is 95.7. The summed E-state index contributed by atoms with van der Waals surface area (Å²) in [5.74, 6) is -1.91. The molecule has 0 saturated carbocycles. The second-order valence-corrected chi connectivity index (χ2v) is 9.48. The normalized spacial score (nSPS) is 15.5. The lowest BCUT2D eigenvalue weighted by Gasteiger charge is -2.22. The van der Waals surface area contributed by atoms with Crippen molar-refractivity contribution >= 4 is 21.9 Å². The first-order valence-corrected chi connectivity index (χ1v) is 11.6. The number of benzene rings is 2. The molecule has 0 fully saturated rings. The predicted octanol–water partition coefficient (Wildman–Crippen LogP) is 6.78. The molecular weight excluding hydrogens is 466 g/mol. The van der Waals surface area contributed by atoms with Gasteiger partial charge in [0.05, 0.1) is 22.5 Å². The van der Waals surface area contributed by atoms with Crippen molar-refractivity contribution in [3.05, 3.63) is 59.8 Å². The van der Waals surface area contributed by atoms with Crippen molar-refractivity contribution in [3.8, 4) is 11.1 Å². The van der Waals surface area contributed by atoms with E-state index in [1.807, 2.05) is 6.92 Å². The van der Waals surface area contributed by atoms with Gasteiger partial charge in [0.2, 0.25) is 0 Å². The Kier molecular flexibility index (Phi) is 7.28. The highest BCUT2D eigenvalue weighted by Crippen LogP contribution is 2.44. The third-order valence-electron chi connectivity index (χ3n) is 5.66. The minimum atomic E-state index is -4.61. The van der Waals surface area contributed by atoms with E-state index in [0.717, 1.165) is 6.07 Å². The molecule has 10 heteroatoms. The molecule has 0 spiro atoms. The van der Waals surface area contributed by atoms with E-state index >= 15 is 0 Å². The number of halogens is 6. The highest BCUT2D eigenvalue weighted by molar-refractivity contribution is 7.83. The topological polar surface area (TPSA) is 48.0 Å². The van der Waals surface area contributed by atoms with Gasteiger partial charge in [-0.05, 0) is 48.6 Å². The Morgan fingerprint density at radius 2 is 1.73 bits per heavy atom. The quantitative estimate of drug-likeness (QED) is 0.365. The summed E-state index contributed by atoms with van der Waals surface area (Å²) in [7, 11) is -1.92. The van der Waals surface area contributed by atoms with Crippen LogP contribution < -0.4 is 5.14 Å². The smallest absolute Gasteiger partial charge is 0.347 e. The van der Waals surface area contributed by atoms with Crippen molar-refractivity contribution in [2.24, 2.45) is 5.14 Å². The van der Waals surface area contributed by atoms with Crippen LogP contribution in [0.4, 0.5) is 26.3 Å². The molecule has 3 atom stereocenters. The number of alkyl halides is 6. The molecule has 3 nitrogen and oxygen atoms in total. The SMILES string of the molecule is CCCn1cc([C@H](CC(C)S(N)=O)C(F)(F)F)c2ccc(-c3ccccc3C(F)(F)F)cc21. The average molecular weight is 491 g/mol. The lowest BCUT2D eigenvalue weighted by molar-refractivity contribution is -0.151. The zero-order valence-electron chi connectivity index (χ0n) is 18.0. The molecule has 0 aliphatic rings. The maximum absolute atomic E-state index is 14.0. The van der Waals surface area contributed by atoms with Crippen molar-refractivity contribution < 1.29 is 30.6 Å². The number of rotatable bonds is 7. The molecule has 2 N–H and O–H groups in total. The number of nitrogens with zero attached hydrogens (tertiary/aromatic N) is 1. The van der Waals surface area contributed by atoms with Gasteiger partial charge in [0.15, 0.2) is 0 Å². The van der Waals surface area contributed by atoms with E-state index in [2.05, 4.69) is 0 Å². The number of nitrogens with two attached hydrogens (primary N) is 1. The largest absolute Gasteiger partial charge is 0.417 e. The van der Waals surface area contributed by atoms with Crippen LogP contribution in [-0.4, -0.2) is 20.2 Å². The first-order valence-electron chi connectivity index (χ1n) is 10.4. The number of hydrogen-bond donors (Lipinski definition) is 1. The Morgan fingerprint density at radius 3 is 2.30 bits per heavy atom. The number of fused-ring (bicyclic) bond motifs is 1. The van der Waals surface area contributed by atoms with Crippen LogP contribution in [0.5, 0.6) is 0 Å². The molecule has 0 bridgehead atoms. The number of aryl methyl sites for hydroxylation is 1. The summed E-state index contributed by atoms with van der Waals surface area (Å²) in [5.41, 5.74) is -0.184.